The first-order chi connectivity index (χ1) is 7.58. The van der Waals surface area contributed by atoms with E-state index < -0.39 is 0 Å². The first kappa shape index (κ1) is 13.4. The molecule has 1 N–H and O–H groups in total. The predicted molar refractivity (Wildman–Crippen MR) is 71.9 cm³/mol. The Bertz CT molecular complexity index is 306. The summed E-state index contributed by atoms with van der Waals surface area (Å²) in [5.74, 6) is 0. The minimum Gasteiger partial charge on any atom is -0.354 e. The van der Waals surface area contributed by atoms with Crippen LogP contribution in [-0.2, 0) is 4.74 Å². The molecule has 1 aliphatic heterocycles. The summed E-state index contributed by atoms with van der Waals surface area (Å²) < 4.78 is 6.54. The Hall–Kier alpha value is -0.0800. The third kappa shape index (κ3) is 2.39. The second-order valence-electron chi connectivity index (χ2n) is 8.04. The lowest BCUT2D eigenvalue weighted by Crippen LogP contribution is -2.67. The maximum atomic E-state index is 6.54. The normalized spacial score (nSPS) is 39.2. The molecule has 2 nitrogen and oxygen atoms in total. The van der Waals surface area contributed by atoms with Crippen LogP contribution in [0.4, 0.5) is 0 Å². The summed E-state index contributed by atoms with van der Waals surface area (Å²) in [5, 5.41) is 3.71. The number of nitrogens with one attached hydrogen (secondary N) is 1. The summed E-state index contributed by atoms with van der Waals surface area (Å²) >= 11 is 0. The number of rotatable bonds is 0. The van der Waals surface area contributed by atoms with Crippen molar-refractivity contribution in [3.8, 4) is 0 Å². The van der Waals surface area contributed by atoms with Gasteiger partial charge in [-0.1, -0.05) is 27.7 Å². The lowest BCUT2D eigenvalue weighted by molar-refractivity contribution is -0.255. The second kappa shape index (κ2) is 3.71. The predicted octanol–water partition coefficient (Wildman–Crippen LogP) is 3.71. The van der Waals surface area contributed by atoms with E-state index in [9.17, 15) is 0 Å². The molecule has 2 fully saturated rings. The van der Waals surface area contributed by atoms with E-state index in [4.69, 9.17) is 4.74 Å². The smallest absolute Gasteiger partial charge is 0.120 e. The summed E-state index contributed by atoms with van der Waals surface area (Å²) in [6.07, 6.45) is 4.90. The van der Waals surface area contributed by atoms with Crippen molar-refractivity contribution in [2.24, 2.45) is 10.8 Å². The molecular weight excluding hydrogens is 210 g/mol. The molecule has 1 heterocycles. The van der Waals surface area contributed by atoms with Gasteiger partial charge >= 0.3 is 0 Å². The zero-order valence-corrected chi connectivity index (χ0v) is 12.4. The molecule has 0 amide bonds. The lowest BCUT2D eigenvalue weighted by atomic mass is 9.69. The Balaban J connectivity index is 2.19. The van der Waals surface area contributed by atoms with Crippen LogP contribution in [0.25, 0.3) is 0 Å². The molecule has 2 aliphatic rings. The van der Waals surface area contributed by atoms with Crippen LogP contribution in [-0.4, -0.2) is 17.9 Å². The highest BCUT2D eigenvalue weighted by atomic mass is 16.5. The molecule has 1 saturated carbocycles. The summed E-state index contributed by atoms with van der Waals surface area (Å²) in [6.45, 7) is 14.9. The summed E-state index contributed by atoms with van der Waals surface area (Å²) in [5.41, 5.74) is 0.481. The van der Waals surface area contributed by atoms with Crippen LogP contribution < -0.4 is 5.32 Å². The van der Waals surface area contributed by atoms with E-state index in [0.29, 0.717) is 5.41 Å². The van der Waals surface area contributed by atoms with Crippen LogP contribution in [0.15, 0.2) is 0 Å². The molecule has 0 aromatic carbocycles. The topological polar surface area (TPSA) is 21.3 Å². The fraction of sp³-hybridized carbons (Fsp3) is 1.00. The van der Waals surface area contributed by atoms with Crippen LogP contribution in [0.1, 0.15) is 67.2 Å². The maximum Gasteiger partial charge on any atom is 0.120 e. The third-order valence-corrected chi connectivity index (χ3v) is 5.13. The number of ether oxygens (including phenoxy) is 1. The Morgan fingerprint density at radius 2 is 1.59 bits per heavy atom. The quantitative estimate of drug-likeness (QED) is 0.696. The van der Waals surface area contributed by atoms with E-state index in [-0.39, 0.29) is 16.7 Å². The van der Waals surface area contributed by atoms with Crippen molar-refractivity contribution < 1.29 is 4.74 Å². The van der Waals surface area contributed by atoms with Crippen molar-refractivity contribution in [3.63, 3.8) is 0 Å². The zero-order valence-electron chi connectivity index (χ0n) is 12.4. The van der Waals surface area contributed by atoms with Gasteiger partial charge < -0.3 is 4.74 Å². The van der Waals surface area contributed by atoms with E-state index in [1.807, 2.05) is 0 Å². The van der Waals surface area contributed by atoms with Crippen molar-refractivity contribution in [2.75, 3.05) is 6.54 Å². The molecule has 2 heteroatoms. The molecule has 1 atom stereocenters. The molecule has 1 saturated heterocycles. The van der Waals surface area contributed by atoms with Crippen molar-refractivity contribution in [3.05, 3.63) is 0 Å². The fourth-order valence-corrected chi connectivity index (χ4v) is 3.30. The Kier molecular flexibility index (Phi) is 2.91. The van der Waals surface area contributed by atoms with Gasteiger partial charge in [-0.2, -0.15) is 0 Å². The second-order valence-corrected chi connectivity index (χ2v) is 8.04. The van der Waals surface area contributed by atoms with Gasteiger partial charge in [0, 0.05) is 12.0 Å². The van der Waals surface area contributed by atoms with Gasteiger partial charge in [0.25, 0.3) is 0 Å². The van der Waals surface area contributed by atoms with Crippen molar-refractivity contribution >= 4 is 0 Å². The molecule has 17 heavy (non-hydrogen) atoms. The van der Waals surface area contributed by atoms with E-state index in [2.05, 4.69) is 46.9 Å². The Labute approximate surface area is 107 Å². The van der Waals surface area contributed by atoms with E-state index in [1.165, 1.54) is 12.8 Å². The molecule has 1 unspecified atom stereocenters. The third-order valence-electron chi connectivity index (χ3n) is 5.13. The first-order valence-corrected chi connectivity index (χ1v) is 7.03. The van der Waals surface area contributed by atoms with Crippen LogP contribution in [0.3, 0.4) is 0 Å². The molecule has 0 aromatic rings. The van der Waals surface area contributed by atoms with E-state index in [0.717, 1.165) is 19.4 Å². The maximum absolute atomic E-state index is 6.54. The highest BCUT2D eigenvalue weighted by molar-refractivity contribution is 5.01. The zero-order chi connectivity index (χ0) is 12.9. The standard InChI is InChI=1S/C15H29NO/c1-12(2)8-7-9-15(10-12)16-11-13(3,4)14(5,6)17-15/h16H,7-11H2,1-6H3. The van der Waals surface area contributed by atoms with E-state index in [1.54, 1.807) is 0 Å². The van der Waals surface area contributed by atoms with Gasteiger partial charge in [0.2, 0.25) is 0 Å². The SMILES string of the molecule is CC1(C)CCCC2(C1)NCC(C)(C)C(C)(C)O2. The molecule has 0 bridgehead atoms. The largest absolute Gasteiger partial charge is 0.354 e. The summed E-state index contributed by atoms with van der Waals surface area (Å²) in [6, 6.07) is 0. The number of hydrogen-bond acceptors (Lipinski definition) is 2. The molecular formula is C15H29NO. The van der Waals surface area contributed by atoms with Gasteiger partial charge in [0.05, 0.1) is 5.60 Å². The molecule has 0 aromatic heterocycles. The fourth-order valence-electron chi connectivity index (χ4n) is 3.30. The van der Waals surface area contributed by atoms with Gasteiger partial charge in [-0.05, 0) is 44.9 Å². The van der Waals surface area contributed by atoms with Gasteiger partial charge in [-0.3, -0.25) is 5.32 Å². The summed E-state index contributed by atoms with van der Waals surface area (Å²) in [4.78, 5) is 0. The first-order valence-electron chi connectivity index (χ1n) is 7.03. The minimum absolute atomic E-state index is 0.0499. The van der Waals surface area contributed by atoms with Crippen LogP contribution in [0.5, 0.6) is 0 Å². The molecule has 100 valence electrons. The van der Waals surface area contributed by atoms with Crippen LogP contribution >= 0.6 is 0 Å². The van der Waals surface area contributed by atoms with Crippen molar-refractivity contribution in [2.45, 2.75) is 78.6 Å². The van der Waals surface area contributed by atoms with Crippen LogP contribution in [0.2, 0.25) is 0 Å². The molecule has 0 radical (unpaired) electrons. The highest BCUT2D eigenvalue weighted by Crippen LogP contribution is 2.48. The van der Waals surface area contributed by atoms with Gasteiger partial charge in [0.15, 0.2) is 0 Å². The average molecular weight is 239 g/mol. The van der Waals surface area contributed by atoms with Crippen LogP contribution in [0, 0.1) is 10.8 Å². The van der Waals surface area contributed by atoms with Crippen molar-refractivity contribution in [1.82, 2.24) is 5.32 Å². The molecule has 1 aliphatic carbocycles. The Morgan fingerprint density at radius 1 is 0.941 bits per heavy atom. The van der Waals surface area contributed by atoms with E-state index >= 15 is 0 Å². The molecule has 2 rings (SSSR count). The highest BCUT2D eigenvalue weighted by Gasteiger charge is 2.52. The van der Waals surface area contributed by atoms with Crippen molar-refractivity contribution in [1.29, 1.82) is 0 Å². The Morgan fingerprint density at radius 3 is 2.12 bits per heavy atom. The number of hydrogen-bond donors (Lipinski definition) is 1. The molecule has 1 spiro atoms. The van der Waals surface area contributed by atoms with Gasteiger partial charge in [-0.25, -0.2) is 0 Å². The summed E-state index contributed by atoms with van der Waals surface area (Å²) in [7, 11) is 0. The van der Waals surface area contributed by atoms with Gasteiger partial charge in [-0.15, -0.1) is 0 Å². The monoisotopic (exact) mass is 239 g/mol. The minimum atomic E-state index is -0.0687. The average Bonchev–Trinajstić information content (AvgIpc) is 2.10. The lowest BCUT2D eigenvalue weighted by Gasteiger charge is -2.57. The van der Waals surface area contributed by atoms with Gasteiger partial charge in [0.1, 0.15) is 5.72 Å².